The highest BCUT2D eigenvalue weighted by atomic mass is 16.5. The fourth-order valence-corrected chi connectivity index (χ4v) is 2.66. The average Bonchev–Trinajstić information content (AvgIpc) is 2.32. The van der Waals surface area contributed by atoms with Crippen molar-refractivity contribution >= 4 is 5.69 Å². The van der Waals surface area contributed by atoms with Gasteiger partial charge in [-0.1, -0.05) is 31.9 Å². The highest BCUT2D eigenvalue weighted by Gasteiger charge is 2.18. The average molecular weight is 233 g/mol. The minimum atomic E-state index is 0.659. The molecule has 2 nitrogen and oxygen atoms in total. The van der Waals surface area contributed by atoms with Crippen molar-refractivity contribution in [2.45, 2.75) is 45.3 Å². The summed E-state index contributed by atoms with van der Waals surface area (Å²) in [6, 6.07) is 9.25. The third-order valence-corrected chi connectivity index (χ3v) is 3.57. The summed E-state index contributed by atoms with van der Waals surface area (Å²) in [5.41, 5.74) is 2.47. The van der Waals surface area contributed by atoms with Crippen LogP contribution in [-0.2, 0) is 11.3 Å². The van der Waals surface area contributed by atoms with Gasteiger partial charge in [-0.25, -0.2) is 0 Å². The molecule has 2 unspecified atom stereocenters. The molecule has 1 aromatic rings. The van der Waals surface area contributed by atoms with Crippen LogP contribution in [0.5, 0.6) is 0 Å². The molecule has 0 bridgehead atoms. The van der Waals surface area contributed by atoms with Crippen molar-refractivity contribution in [3.05, 3.63) is 29.8 Å². The topological polar surface area (TPSA) is 21.3 Å². The second-order valence-electron chi connectivity index (χ2n) is 5.24. The van der Waals surface area contributed by atoms with E-state index in [1.54, 1.807) is 7.11 Å². The molecule has 1 aliphatic carbocycles. The van der Waals surface area contributed by atoms with E-state index in [2.05, 4.69) is 36.5 Å². The quantitative estimate of drug-likeness (QED) is 0.853. The molecule has 17 heavy (non-hydrogen) atoms. The van der Waals surface area contributed by atoms with E-state index in [-0.39, 0.29) is 0 Å². The molecule has 1 N–H and O–H groups in total. The van der Waals surface area contributed by atoms with Gasteiger partial charge in [0.1, 0.15) is 0 Å². The molecule has 0 amide bonds. The van der Waals surface area contributed by atoms with Crippen molar-refractivity contribution in [1.82, 2.24) is 0 Å². The van der Waals surface area contributed by atoms with Gasteiger partial charge in [-0.2, -0.15) is 0 Å². The summed E-state index contributed by atoms with van der Waals surface area (Å²) < 4.78 is 5.11. The van der Waals surface area contributed by atoms with Crippen LogP contribution in [0, 0.1) is 5.92 Å². The summed E-state index contributed by atoms with van der Waals surface area (Å²) >= 11 is 0. The van der Waals surface area contributed by atoms with Crippen LogP contribution in [0.15, 0.2) is 24.3 Å². The fraction of sp³-hybridized carbons (Fsp3) is 0.600. The molecule has 1 aromatic carbocycles. The van der Waals surface area contributed by atoms with Crippen molar-refractivity contribution in [3.63, 3.8) is 0 Å². The van der Waals surface area contributed by atoms with Gasteiger partial charge in [0.15, 0.2) is 0 Å². The maximum absolute atomic E-state index is 5.11. The fourth-order valence-electron chi connectivity index (χ4n) is 2.66. The van der Waals surface area contributed by atoms with Gasteiger partial charge in [-0.05, 0) is 36.5 Å². The number of nitrogens with one attached hydrogen (secondary N) is 1. The number of ether oxygens (including phenoxy) is 1. The minimum Gasteiger partial charge on any atom is -0.382 e. The van der Waals surface area contributed by atoms with Gasteiger partial charge < -0.3 is 10.1 Å². The van der Waals surface area contributed by atoms with Crippen LogP contribution in [0.2, 0.25) is 0 Å². The maximum Gasteiger partial charge on any atom is 0.0713 e. The lowest BCUT2D eigenvalue weighted by Gasteiger charge is -2.28. The number of hydrogen-bond donors (Lipinski definition) is 1. The molecule has 0 spiro atoms. The number of methoxy groups -OCH3 is 1. The Morgan fingerprint density at radius 1 is 1.24 bits per heavy atom. The first-order valence-corrected chi connectivity index (χ1v) is 6.62. The Balaban J connectivity index is 1.89. The number of benzene rings is 1. The molecule has 2 heteroatoms. The van der Waals surface area contributed by atoms with Crippen LogP contribution < -0.4 is 5.32 Å². The van der Waals surface area contributed by atoms with Crippen LogP contribution in [0.3, 0.4) is 0 Å². The van der Waals surface area contributed by atoms with Gasteiger partial charge in [0.25, 0.3) is 0 Å². The minimum absolute atomic E-state index is 0.659. The van der Waals surface area contributed by atoms with E-state index in [0.29, 0.717) is 12.6 Å². The van der Waals surface area contributed by atoms with Crippen LogP contribution in [0.4, 0.5) is 5.69 Å². The van der Waals surface area contributed by atoms with E-state index >= 15 is 0 Å². The Morgan fingerprint density at radius 2 is 2.00 bits per heavy atom. The molecule has 0 aliphatic heterocycles. The summed E-state index contributed by atoms with van der Waals surface area (Å²) in [7, 11) is 1.73. The predicted octanol–water partition coefficient (Wildman–Crippen LogP) is 3.82. The number of rotatable bonds is 4. The second-order valence-corrected chi connectivity index (χ2v) is 5.24. The van der Waals surface area contributed by atoms with Crippen LogP contribution in [0.25, 0.3) is 0 Å². The Hall–Kier alpha value is -1.02. The molecule has 2 atom stereocenters. The first kappa shape index (κ1) is 12.4. The molecule has 0 saturated heterocycles. The predicted molar refractivity (Wildman–Crippen MR) is 72.2 cm³/mol. The normalized spacial score (nSPS) is 24.6. The summed E-state index contributed by atoms with van der Waals surface area (Å²) in [6.45, 7) is 3.05. The highest BCUT2D eigenvalue weighted by Crippen LogP contribution is 2.26. The smallest absolute Gasteiger partial charge is 0.0713 e. The maximum atomic E-state index is 5.11. The Labute approximate surface area is 104 Å². The Morgan fingerprint density at radius 3 is 2.65 bits per heavy atom. The highest BCUT2D eigenvalue weighted by molar-refractivity contribution is 5.45. The zero-order valence-corrected chi connectivity index (χ0v) is 10.9. The molecule has 1 saturated carbocycles. The molecule has 0 radical (unpaired) electrons. The van der Waals surface area contributed by atoms with Gasteiger partial charge in [-0.15, -0.1) is 0 Å². The first-order chi connectivity index (χ1) is 8.28. The van der Waals surface area contributed by atoms with E-state index in [1.165, 1.54) is 36.9 Å². The lowest BCUT2D eigenvalue weighted by molar-refractivity contribution is 0.185. The summed E-state index contributed by atoms with van der Waals surface area (Å²) in [5, 5.41) is 3.64. The van der Waals surface area contributed by atoms with Crippen molar-refractivity contribution < 1.29 is 4.74 Å². The zero-order valence-electron chi connectivity index (χ0n) is 10.9. The third kappa shape index (κ3) is 3.74. The Bertz CT molecular complexity index is 333. The molecule has 1 fully saturated rings. The van der Waals surface area contributed by atoms with Gasteiger partial charge in [0.2, 0.25) is 0 Å². The van der Waals surface area contributed by atoms with Crippen LogP contribution in [0.1, 0.15) is 38.2 Å². The molecular weight excluding hydrogens is 210 g/mol. The standard InChI is InChI=1S/C15H23NO/c1-12-4-3-5-15(10-12)16-14-8-6-13(7-9-14)11-17-2/h6-9,12,15-16H,3-5,10-11H2,1-2H3. The van der Waals surface area contributed by atoms with Crippen molar-refractivity contribution in [2.75, 3.05) is 12.4 Å². The first-order valence-electron chi connectivity index (χ1n) is 6.62. The molecule has 0 heterocycles. The van der Waals surface area contributed by atoms with Crippen molar-refractivity contribution in [2.24, 2.45) is 5.92 Å². The molecular formula is C15H23NO. The van der Waals surface area contributed by atoms with Gasteiger partial charge in [0.05, 0.1) is 6.61 Å². The lowest BCUT2D eigenvalue weighted by atomic mass is 9.87. The van der Waals surface area contributed by atoms with Crippen LogP contribution in [-0.4, -0.2) is 13.2 Å². The molecule has 1 aliphatic rings. The van der Waals surface area contributed by atoms with Gasteiger partial charge in [0, 0.05) is 18.8 Å². The van der Waals surface area contributed by atoms with Gasteiger partial charge in [-0.3, -0.25) is 0 Å². The summed E-state index contributed by atoms with van der Waals surface area (Å²) in [5.74, 6) is 0.869. The van der Waals surface area contributed by atoms with E-state index in [1.807, 2.05) is 0 Å². The largest absolute Gasteiger partial charge is 0.382 e. The summed E-state index contributed by atoms with van der Waals surface area (Å²) in [6.07, 6.45) is 5.37. The summed E-state index contributed by atoms with van der Waals surface area (Å²) in [4.78, 5) is 0. The van der Waals surface area contributed by atoms with E-state index in [4.69, 9.17) is 4.74 Å². The Kier molecular flexibility index (Phi) is 4.43. The molecule has 2 rings (SSSR count). The van der Waals surface area contributed by atoms with E-state index in [0.717, 1.165) is 5.92 Å². The van der Waals surface area contributed by atoms with Gasteiger partial charge >= 0.3 is 0 Å². The number of hydrogen-bond acceptors (Lipinski definition) is 2. The SMILES string of the molecule is COCc1ccc(NC2CCCC(C)C2)cc1. The number of anilines is 1. The van der Waals surface area contributed by atoms with E-state index in [9.17, 15) is 0 Å². The second kappa shape index (κ2) is 6.06. The molecule has 0 aromatic heterocycles. The van der Waals surface area contributed by atoms with Crippen molar-refractivity contribution in [3.8, 4) is 0 Å². The third-order valence-electron chi connectivity index (χ3n) is 3.57. The lowest BCUT2D eigenvalue weighted by Crippen LogP contribution is -2.26. The van der Waals surface area contributed by atoms with Crippen molar-refractivity contribution in [1.29, 1.82) is 0 Å². The van der Waals surface area contributed by atoms with E-state index < -0.39 is 0 Å². The van der Waals surface area contributed by atoms with Crippen LogP contribution >= 0.6 is 0 Å². The monoisotopic (exact) mass is 233 g/mol. The zero-order chi connectivity index (χ0) is 12.1. The molecule has 94 valence electrons.